The number of carbonyl (C=O) groups is 1. The molecule has 0 fully saturated rings. The number of rotatable bonds is 6. The Kier molecular flexibility index (Phi) is 5.90. The first-order valence-corrected chi connectivity index (χ1v) is 8.62. The quantitative estimate of drug-likeness (QED) is 0.885. The zero-order chi connectivity index (χ0) is 15.9. The fourth-order valence-corrected chi connectivity index (χ4v) is 2.64. The van der Waals surface area contributed by atoms with Crippen LogP contribution in [0.2, 0.25) is 0 Å². The van der Waals surface area contributed by atoms with Crippen LogP contribution in [-0.2, 0) is 12.3 Å². The van der Waals surface area contributed by atoms with Gasteiger partial charge in [0.1, 0.15) is 0 Å². The normalized spacial score (nSPS) is 10.3. The summed E-state index contributed by atoms with van der Waals surface area (Å²) in [6, 6.07) is 16.0. The molecular formula is C18H22N2OS. The van der Waals surface area contributed by atoms with Crippen LogP contribution < -0.4 is 10.2 Å². The SMILES string of the molecule is CSCc1ccc(C(=O)NCc2ccc(N(C)C)cc2)cc1. The molecule has 2 aromatic carbocycles. The second kappa shape index (κ2) is 7.90. The summed E-state index contributed by atoms with van der Waals surface area (Å²) in [5.74, 6) is 0.938. The van der Waals surface area contributed by atoms with Gasteiger partial charge in [-0.1, -0.05) is 24.3 Å². The van der Waals surface area contributed by atoms with Gasteiger partial charge >= 0.3 is 0 Å². The molecule has 0 aliphatic rings. The van der Waals surface area contributed by atoms with Gasteiger partial charge in [0.25, 0.3) is 5.91 Å². The van der Waals surface area contributed by atoms with E-state index in [4.69, 9.17) is 0 Å². The number of hydrogen-bond donors (Lipinski definition) is 1. The lowest BCUT2D eigenvalue weighted by molar-refractivity contribution is 0.0951. The molecule has 22 heavy (non-hydrogen) atoms. The molecule has 0 radical (unpaired) electrons. The summed E-state index contributed by atoms with van der Waals surface area (Å²) in [5, 5.41) is 2.96. The van der Waals surface area contributed by atoms with Crippen LogP contribution >= 0.6 is 11.8 Å². The molecule has 2 aromatic rings. The van der Waals surface area contributed by atoms with Gasteiger partial charge in [-0.2, -0.15) is 11.8 Å². The maximum Gasteiger partial charge on any atom is 0.251 e. The van der Waals surface area contributed by atoms with Gasteiger partial charge in [0.15, 0.2) is 0 Å². The molecule has 0 aromatic heterocycles. The Labute approximate surface area is 136 Å². The molecule has 0 heterocycles. The van der Waals surface area contributed by atoms with E-state index in [-0.39, 0.29) is 5.91 Å². The number of carbonyl (C=O) groups excluding carboxylic acids is 1. The minimum absolute atomic E-state index is 0.0348. The molecule has 0 aliphatic heterocycles. The Morgan fingerprint density at radius 2 is 1.59 bits per heavy atom. The van der Waals surface area contributed by atoms with Crippen molar-refractivity contribution in [2.24, 2.45) is 0 Å². The number of benzene rings is 2. The molecule has 1 N–H and O–H groups in total. The Hall–Kier alpha value is -1.94. The van der Waals surface area contributed by atoms with Crippen LogP contribution in [-0.4, -0.2) is 26.3 Å². The van der Waals surface area contributed by atoms with Gasteiger partial charge in [0, 0.05) is 37.6 Å². The predicted molar refractivity (Wildman–Crippen MR) is 95.6 cm³/mol. The van der Waals surface area contributed by atoms with E-state index in [0.717, 1.165) is 17.0 Å². The maximum absolute atomic E-state index is 12.1. The smallest absolute Gasteiger partial charge is 0.251 e. The topological polar surface area (TPSA) is 32.3 Å². The van der Waals surface area contributed by atoms with Crippen molar-refractivity contribution in [1.29, 1.82) is 0 Å². The molecule has 1 amide bonds. The molecule has 3 nitrogen and oxygen atoms in total. The highest BCUT2D eigenvalue weighted by Crippen LogP contribution is 2.13. The minimum atomic E-state index is -0.0348. The van der Waals surface area contributed by atoms with E-state index in [1.165, 1.54) is 5.56 Å². The highest BCUT2D eigenvalue weighted by Gasteiger charge is 2.05. The highest BCUT2D eigenvalue weighted by molar-refractivity contribution is 7.97. The Morgan fingerprint density at radius 3 is 2.14 bits per heavy atom. The van der Waals surface area contributed by atoms with Crippen molar-refractivity contribution in [3.05, 3.63) is 65.2 Å². The summed E-state index contributed by atoms with van der Waals surface area (Å²) in [4.78, 5) is 14.2. The third-order valence-electron chi connectivity index (χ3n) is 3.43. The zero-order valence-corrected chi connectivity index (χ0v) is 14.1. The van der Waals surface area contributed by atoms with Crippen LogP contribution in [0.3, 0.4) is 0 Å². The molecular weight excluding hydrogens is 292 g/mol. The van der Waals surface area contributed by atoms with E-state index in [0.29, 0.717) is 12.1 Å². The van der Waals surface area contributed by atoms with Gasteiger partial charge in [0.2, 0.25) is 0 Å². The predicted octanol–water partition coefficient (Wildman–Crippen LogP) is 3.55. The number of nitrogens with one attached hydrogen (secondary N) is 1. The van der Waals surface area contributed by atoms with Gasteiger partial charge in [-0.3, -0.25) is 4.79 Å². The van der Waals surface area contributed by atoms with E-state index in [1.807, 2.05) is 50.5 Å². The number of thioether (sulfide) groups is 1. The summed E-state index contributed by atoms with van der Waals surface area (Å²) >= 11 is 1.78. The third kappa shape index (κ3) is 4.53. The van der Waals surface area contributed by atoms with E-state index in [1.54, 1.807) is 11.8 Å². The van der Waals surface area contributed by atoms with Crippen LogP contribution in [0.5, 0.6) is 0 Å². The molecule has 0 aliphatic carbocycles. The number of hydrogen-bond acceptors (Lipinski definition) is 3. The lowest BCUT2D eigenvalue weighted by atomic mass is 10.1. The maximum atomic E-state index is 12.1. The molecule has 0 unspecified atom stereocenters. The van der Waals surface area contributed by atoms with Crippen molar-refractivity contribution in [2.45, 2.75) is 12.3 Å². The third-order valence-corrected chi connectivity index (χ3v) is 4.05. The summed E-state index contributed by atoms with van der Waals surface area (Å²) in [6.45, 7) is 0.541. The second-order valence-corrected chi connectivity index (χ2v) is 6.24. The average Bonchev–Trinajstić information content (AvgIpc) is 2.54. The summed E-state index contributed by atoms with van der Waals surface area (Å²) in [7, 11) is 4.02. The standard InChI is InChI=1S/C18H22N2OS/c1-20(2)17-10-6-14(7-11-17)12-19-18(21)16-8-4-15(5-9-16)13-22-3/h4-11H,12-13H2,1-3H3,(H,19,21). The van der Waals surface area contributed by atoms with E-state index in [9.17, 15) is 4.79 Å². The van der Waals surface area contributed by atoms with Gasteiger partial charge in [-0.15, -0.1) is 0 Å². The van der Waals surface area contributed by atoms with Crippen LogP contribution in [0.1, 0.15) is 21.5 Å². The fraction of sp³-hybridized carbons (Fsp3) is 0.278. The van der Waals surface area contributed by atoms with Crippen molar-refractivity contribution < 1.29 is 4.79 Å². The van der Waals surface area contributed by atoms with Gasteiger partial charge < -0.3 is 10.2 Å². The van der Waals surface area contributed by atoms with Gasteiger partial charge in [-0.05, 0) is 41.6 Å². The van der Waals surface area contributed by atoms with Crippen LogP contribution in [0.4, 0.5) is 5.69 Å². The highest BCUT2D eigenvalue weighted by atomic mass is 32.2. The van der Waals surface area contributed by atoms with Crippen molar-refractivity contribution in [3.63, 3.8) is 0 Å². The minimum Gasteiger partial charge on any atom is -0.378 e. The molecule has 0 saturated carbocycles. The number of amides is 1. The van der Waals surface area contributed by atoms with Crippen molar-refractivity contribution in [3.8, 4) is 0 Å². The lowest BCUT2D eigenvalue weighted by Crippen LogP contribution is -2.22. The Bertz CT molecular complexity index is 606. The van der Waals surface area contributed by atoms with Crippen molar-refractivity contribution >= 4 is 23.4 Å². The first-order valence-electron chi connectivity index (χ1n) is 7.22. The Morgan fingerprint density at radius 1 is 1.00 bits per heavy atom. The Balaban J connectivity index is 1.91. The first kappa shape index (κ1) is 16.4. The summed E-state index contributed by atoms with van der Waals surface area (Å²) in [5.41, 5.74) is 4.19. The molecule has 4 heteroatoms. The van der Waals surface area contributed by atoms with Crippen molar-refractivity contribution in [1.82, 2.24) is 5.32 Å². The van der Waals surface area contributed by atoms with Gasteiger partial charge in [-0.25, -0.2) is 0 Å². The molecule has 116 valence electrons. The van der Waals surface area contributed by atoms with E-state index < -0.39 is 0 Å². The lowest BCUT2D eigenvalue weighted by Gasteiger charge is -2.13. The second-order valence-electron chi connectivity index (χ2n) is 5.37. The largest absolute Gasteiger partial charge is 0.378 e. The van der Waals surface area contributed by atoms with E-state index in [2.05, 4.69) is 28.6 Å². The van der Waals surface area contributed by atoms with Crippen LogP contribution in [0, 0.1) is 0 Å². The molecule has 0 atom stereocenters. The summed E-state index contributed by atoms with van der Waals surface area (Å²) in [6.07, 6.45) is 2.07. The average molecular weight is 314 g/mol. The number of anilines is 1. The zero-order valence-electron chi connectivity index (χ0n) is 13.3. The molecule has 2 rings (SSSR count). The molecule has 0 bridgehead atoms. The monoisotopic (exact) mass is 314 g/mol. The first-order chi connectivity index (χ1) is 10.6. The van der Waals surface area contributed by atoms with E-state index >= 15 is 0 Å². The van der Waals surface area contributed by atoms with Crippen LogP contribution in [0.15, 0.2) is 48.5 Å². The molecule has 0 saturated heterocycles. The van der Waals surface area contributed by atoms with Gasteiger partial charge in [0.05, 0.1) is 0 Å². The van der Waals surface area contributed by atoms with Crippen LogP contribution in [0.25, 0.3) is 0 Å². The fourth-order valence-electron chi connectivity index (χ4n) is 2.12. The molecule has 0 spiro atoms. The number of nitrogens with zero attached hydrogens (tertiary/aromatic N) is 1. The van der Waals surface area contributed by atoms with Crippen molar-refractivity contribution in [2.75, 3.05) is 25.3 Å². The summed E-state index contributed by atoms with van der Waals surface area (Å²) < 4.78 is 0.